The van der Waals surface area contributed by atoms with Crippen LogP contribution < -0.4 is 0 Å². The molecule has 6 heteroatoms. The highest BCUT2D eigenvalue weighted by Gasteiger charge is 2.36. The number of nitrogens with zero attached hydrogens (tertiary/aromatic N) is 1. The molecule has 152 valence electrons. The Morgan fingerprint density at radius 1 is 1.00 bits per heavy atom. The van der Waals surface area contributed by atoms with Gasteiger partial charge in [-0.2, -0.15) is 0 Å². The van der Waals surface area contributed by atoms with Crippen molar-refractivity contribution in [1.29, 1.82) is 0 Å². The average Bonchev–Trinajstić information content (AvgIpc) is 2.54. The van der Waals surface area contributed by atoms with E-state index < -0.39 is 29.3 Å². The van der Waals surface area contributed by atoms with Crippen LogP contribution >= 0.6 is 0 Å². The summed E-state index contributed by atoms with van der Waals surface area (Å²) in [5.41, 5.74) is -0.440. The van der Waals surface area contributed by atoms with Crippen LogP contribution in [0.4, 0.5) is 4.79 Å². The molecule has 0 bridgehead atoms. The lowest BCUT2D eigenvalue weighted by molar-refractivity contribution is -0.149. The third-order valence-corrected chi connectivity index (χ3v) is 3.82. The number of carbonyl (C=O) groups excluding carboxylic acids is 2. The summed E-state index contributed by atoms with van der Waals surface area (Å²) in [7, 11) is 0. The summed E-state index contributed by atoms with van der Waals surface area (Å²) in [5.74, 6) is -0.852. The lowest BCUT2D eigenvalue weighted by Crippen LogP contribution is -2.44. The van der Waals surface area contributed by atoms with Crippen LogP contribution in [0.1, 0.15) is 47.1 Å². The van der Waals surface area contributed by atoms with E-state index in [4.69, 9.17) is 9.47 Å². The molecule has 0 aromatic heterocycles. The van der Waals surface area contributed by atoms with E-state index in [-0.39, 0.29) is 11.3 Å². The van der Waals surface area contributed by atoms with Gasteiger partial charge in [0.15, 0.2) is 0 Å². The van der Waals surface area contributed by atoms with Crippen molar-refractivity contribution in [2.24, 2.45) is 0 Å². The minimum Gasteiger partial charge on any atom is -0.509 e. The van der Waals surface area contributed by atoms with E-state index in [9.17, 15) is 14.7 Å². The van der Waals surface area contributed by atoms with Crippen LogP contribution in [0.2, 0.25) is 0 Å². The summed E-state index contributed by atoms with van der Waals surface area (Å²) in [6.07, 6.45) is 2.57. The zero-order chi connectivity index (χ0) is 21.1. The van der Waals surface area contributed by atoms with Crippen LogP contribution in [-0.2, 0) is 20.7 Å². The van der Waals surface area contributed by atoms with Crippen LogP contribution in [0.5, 0.6) is 0 Å². The molecule has 28 heavy (non-hydrogen) atoms. The van der Waals surface area contributed by atoms with Gasteiger partial charge in [-0.05, 0) is 53.2 Å². The average molecular weight is 387 g/mol. The van der Waals surface area contributed by atoms with Crippen molar-refractivity contribution in [3.8, 4) is 0 Å². The fourth-order valence-electron chi connectivity index (χ4n) is 2.70. The van der Waals surface area contributed by atoms with E-state index in [0.717, 1.165) is 5.56 Å². The van der Waals surface area contributed by atoms with Gasteiger partial charge in [0, 0.05) is 12.6 Å². The van der Waals surface area contributed by atoms with Gasteiger partial charge < -0.3 is 14.6 Å². The number of hydrogen-bond acceptors (Lipinski definition) is 5. The third kappa shape index (κ3) is 5.87. The molecule has 1 atom stereocenters. The first kappa shape index (κ1) is 21.5. The Morgan fingerprint density at radius 3 is 2.11 bits per heavy atom. The molecular formula is C22H29NO5. The first-order valence-electron chi connectivity index (χ1n) is 9.27. The Balaban J connectivity index is 2.37. The van der Waals surface area contributed by atoms with E-state index in [0.29, 0.717) is 6.42 Å². The Labute approximate surface area is 166 Å². The molecule has 0 unspecified atom stereocenters. The largest absolute Gasteiger partial charge is 0.509 e. The molecule has 0 saturated carbocycles. The zero-order valence-corrected chi connectivity index (χ0v) is 17.4. The highest BCUT2D eigenvalue weighted by atomic mass is 16.6. The Hall–Kier alpha value is -2.76. The molecule has 0 fully saturated rings. The summed E-state index contributed by atoms with van der Waals surface area (Å²) in [4.78, 5) is 26.5. The maximum absolute atomic E-state index is 12.7. The molecule has 0 spiro atoms. The SMILES string of the molecule is CC(C)(C)OC(=O)C1=C(O)[C@H](Cc2ccccc2)N(C(=O)OC(C)(C)C)C=C1. The molecule has 1 aliphatic rings. The van der Waals surface area contributed by atoms with Gasteiger partial charge in [-0.1, -0.05) is 30.3 Å². The molecule has 0 aliphatic carbocycles. The number of amides is 1. The smallest absolute Gasteiger partial charge is 0.415 e. The molecule has 1 N–H and O–H groups in total. The number of aliphatic hydroxyl groups excluding tert-OH is 1. The van der Waals surface area contributed by atoms with Crippen LogP contribution in [0.25, 0.3) is 0 Å². The van der Waals surface area contributed by atoms with Gasteiger partial charge in [0.1, 0.15) is 28.6 Å². The first-order valence-corrected chi connectivity index (χ1v) is 9.27. The Bertz CT molecular complexity index is 781. The summed E-state index contributed by atoms with van der Waals surface area (Å²) in [6.45, 7) is 10.6. The Morgan fingerprint density at radius 2 is 1.57 bits per heavy atom. The molecule has 2 rings (SSSR count). The lowest BCUT2D eigenvalue weighted by atomic mass is 9.97. The van der Waals surface area contributed by atoms with Crippen molar-refractivity contribution in [3.63, 3.8) is 0 Å². The van der Waals surface area contributed by atoms with Gasteiger partial charge in [-0.15, -0.1) is 0 Å². The second kappa shape index (κ2) is 8.09. The fourth-order valence-corrected chi connectivity index (χ4v) is 2.70. The molecular weight excluding hydrogens is 358 g/mol. The van der Waals surface area contributed by atoms with Crippen LogP contribution in [0.15, 0.2) is 53.9 Å². The van der Waals surface area contributed by atoms with Crippen molar-refractivity contribution in [2.75, 3.05) is 0 Å². The van der Waals surface area contributed by atoms with Crippen molar-refractivity contribution in [2.45, 2.75) is 65.2 Å². The van der Waals surface area contributed by atoms with E-state index in [2.05, 4.69) is 0 Å². The quantitative estimate of drug-likeness (QED) is 0.772. The molecule has 1 amide bonds. The molecule has 1 aliphatic heterocycles. The first-order chi connectivity index (χ1) is 12.9. The standard InChI is InChI=1S/C22H29NO5/c1-21(2,3)27-19(25)16-12-13-23(20(26)28-22(4,5)6)17(18(16)24)14-15-10-8-7-9-11-15/h7-13,17,24H,14H2,1-6H3/t17-/m0/s1. The number of esters is 1. The highest BCUT2D eigenvalue weighted by Crippen LogP contribution is 2.27. The van der Waals surface area contributed by atoms with Crippen LogP contribution in [0.3, 0.4) is 0 Å². The number of benzene rings is 1. The maximum atomic E-state index is 12.7. The van der Waals surface area contributed by atoms with Crippen molar-refractivity contribution >= 4 is 12.1 Å². The second-order valence-corrected chi connectivity index (χ2v) is 8.71. The van der Waals surface area contributed by atoms with Gasteiger partial charge in [0.25, 0.3) is 0 Å². The van der Waals surface area contributed by atoms with Gasteiger partial charge in [-0.25, -0.2) is 9.59 Å². The lowest BCUT2D eigenvalue weighted by Gasteiger charge is -2.34. The van der Waals surface area contributed by atoms with E-state index in [1.54, 1.807) is 41.5 Å². The minimum atomic E-state index is -0.773. The molecule has 0 saturated heterocycles. The number of aliphatic hydroxyl groups is 1. The third-order valence-electron chi connectivity index (χ3n) is 3.82. The normalized spacial score (nSPS) is 17.5. The molecule has 1 aromatic rings. The summed E-state index contributed by atoms with van der Waals surface area (Å²) < 4.78 is 10.8. The van der Waals surface area contributed by atoms with E-state index in [1.807, 2.05) is 30.3 Å². The molecule has 1 aromatic carbocycles. The molecule has 6 nitrogen and oxygen atoms in total. The van der Waals surface area contributed by atoms with E-state index >= 15 is 0 Å². The van der Waals surface area contributed by atoms with Crippen LogP contribution in [-0.4, -0.2) is 39.3 Å². The van der Waals surface area contributed by atoms with Crippen molar-refractivity contribution in [1.82, 2.24) is 4.90 Å². The predicted molar refractivity (Wildman–Crippen MR) is 107 cm³/mol. The monoisotopic (exact) mass is 387 g/mol. The number of carbonyl (C=O) groups is 2. The predicted octanol–water partition coefficient (Wildman–Crippen LogP) is 4.52. The van der Waals surface area contributed by atoms with Gasteiger partial charge >= 0.3 is 12.1 Å². The molecule has 0 radical (unpaired) electrons. The summed E-state index contributed by atoms with van der Waals surface area (Å²) in [6, 6.07) is 8.66. The molecule has 1 heterocycles. The zero-order valence-electron chi connectivity index (χ0n) is 17.4. The van der Waals surface area contributed by atoms with Crippen LogP contribution in [0, 0.1) is 0 Å². The summed E-state index contributed by atoms with van der Waals surface area (Å²) in [5, 5.41) is 10.9. The number of hydrogen-bond donors (Lipinski definition) is 1. The number of rotatable bonds is 3. The van der Waals surface area contributed by atoms with Crippen molar-refractivity contribution < 1.29 is 24.2 Å². The van der Waals surface area contributed by atoms with Gasteiger partial charge in [-0.3, -0.25) is 4.90 Å². The Kier molecular flexibility index (Phi) is 6.22. The summed E-state index contributed by atoms with van der Waals surface area (Å²) >= 11 is 0. The van der Waals surface area contributed by atoms with Crippen molar-refractivity contribution in [3.05, 3.63) is 59.5 Å². The van der Waals surface area contributed by atoms with Gasteiger partial charge in [0.2, 0.25) is 0 Å². The highest BCUT2D eigenvalue weighted by molar-refractivity contribution is 5.93. The van der Waals surface area contributed by atoms with E-state index in [1.165, 1.54) is 17.2 Å². The van der Waals surface area contributed by atoms with Gasteiger partial charge in [0.05, 0.1) is 0 Å². The maximum Gasteiger partial charge on any atom is 0.415 e. The fraction of sp³-hybridized carbons (Fsp3) is 0.455. The second-order valence-electron chi connectivity index (χ2n) is 8.71. The minimum absolute atomic E-state index is 0.0377. The number of ether oxygens (including phenoxy) is 2. The topological polar surface area (TPSA) is 76.1 Å².